The summed E-state index contributed by atoms with van der Waals surface area (Å²) in [4.78, 5) is 0. The van der Waals surface area contributed by atoms with E-state index in [9.17, 15) is 16.8 Å². The van der Waals surface area contributed by atoms with Crippen LogP contribution in [0.5, 0.6) is 0 Å². The molecule has 0 unspecified atom stereocenters. The molecule has 0 bridgehead atoms. The van der Waals surface area contributed by atoms with Crippen LogP contribution in [0.15, 0.2) is 30.3 Å². The highest BCUT2D eigenvalue weighted by molar-refractivity contribution is 7.90. The van der Waals surface area contributed by atoms with E-state index in [0.717, 1.165) is 5.56 Å². The molecule has 0 radical (unpaired) electrons. The Morgan fingerprint density at radius 1 is 1.05 bits per heavy atom. The number of hydrogen-bond donors (Lipinski definition) is 0. The summed E-state index contributed by atoms with van der Waals surface area (Å²) in [5, 5.41) is 0. The first kappa shape index (κ1) is 16.5. The van der Waals surface area contributed by atoms with E-state index < -0.39 is 19.9 Å². The largest absolute Gasteiger partial charge is 0.229 e. The maximum atomic E-state index is 12.4. The smallest absolute Gasteiger partial charge is 0.218 e. The van der Waals surface area contributed by atoms with Crippen LogP contribution in [0.2, 0.25) is 0 Å². The van der Waals surface area contributed by atoms with E-state index in [4.69, 9.17) is 0 Å². The number of nitrogens with zero attached hydrogens (tertiary/aromatic N) is 1. The Bertz CT molecular complexity index is 660. The molecule has 1 aromatic carbocycles. The van der Waals surface area contributed by atoms with Gasteiger partial charge in [-0.3, -0.25) is 0 Å². The summed E-state index contributed by atoms with van der Waals surface area (Å²) in [6.07, 6.45) is 2.45. The average Bonchev–Trinajstić information content (AvgIpc) is 2.38. The Hall–Kier alpha value is -0.920. The third-order valence-electron chi connectivity index (χ3n) is 3.70. The van der Waals surface area contributed by atoms with Gasteiger partial charge >= 0.3 is 0 Å². The van der Waals surface area contributed by atoms with Gasteiger partial charge in [-0.15, -0.1) is 0 Å². The van der Waals surface area contributed by atoms with Crippen LogP contribution in [0.3, 0.4) is 0 Å². The van der Waals surface area contributed by atoms with Gasteiger partial charge in [0.15, 0.2) is 0 Å². The van der Waals surface area contributed by atoms with Crippen molar-refractivity contribution in [3.05, 3.63) is 35.9 Å². The number of sulfone groups is 1. The first-order chi connectivity index (χ1) is 9.76. The maximum absolute atomic E-state index is 12.4. The molecule has 2 rings (SSSR count). The van der Waals surface area contributed by atoms with Gasteiger partial charge in [-0.25, -0.2) is 21.1 Å². The molecule has 1 aromatic rings. The molecular formula is C14H21NO4S2. The third kappa shape index (κ3) is 5.09. The minimum Gasteiger partial charge on any atom is -0.229 e. The van der Waals surface area contributed by atoms with Crippen molar-refractivity contribution in [1.82, 2.24) is 4.31 Å². The van der Waals surface area contributed by atoms with Gasteiger partial charge in [0, 0.05) is 19.3 Å². The fourth-order valence-corrected chi connectivity index (χ4v) is 5.41. The number of rotatable bonds is 5. The molecule has 0 aliphatic carbocycles. The molecule has 1 fully saturated rings. The Balaban J connectivity index is 1.95. The van der Waals surface area contributed by atoms with Gasteiger partial charge in [-0.1, -0.05) is 30.3 Å². The van der Waals surface area contributed by atoms with Crippen LogP contribution in [0.4, 0.5) is 0 Å². The van der Waals surface area contributed by atoms with Gasteiger partial charge < -0.3 is 0 Å². The number of sulfonamides is 1. The standard InChI is InChI=1S/C14H21NO4S2/c1-20(16,17)11-14-7-9-15(10-8-14)21(18,19)12-13-5-3-2-4-6-13/h2-6,14H,7-12H2,1H3. The Morgan fingerprint density at radius 3 is 2.14 bits per heavy atom. The Morgan fingerprint density at radius 2 is 1.62 bits per heavy atom. The second kappa shape index (κ2) is 6.46. The lowest BCUT2D eigenvalue weighted by Crippen LogP contribution is -2.40. The minimum absolute atomic E-state index is 0.00455. The highest BCUT2D eigenvalue weighted by Gasteiger charge is 2.29. The molecule has 1 aliphatic rings. The zero-order chi connectivity index (χ0) is 15.5. The molecular weight excluding hydrogens is 310 g/mol. The van der Waals surface area contributed by atoms with Gasteiger partial charge in [-0.05, 0) is 24.3 Å². The van der Waals surface area contributed by atoms with Gasteiger partial charge in [0.05, 0.1) is 11.5 Å². The predicted octanol–water partition coefficient (Wildman–Crippen LogP) is 1.27. The number of benzene rings is 1. The van der Waals surface area contributed by atoms with Crippen LogP contribution in [0.1, 0.15) is 18.4 Å². The van der Waals surface area contributed by atoms with Crippen LogP contribution < -0.4 is 0 Å². The van der Waals surface area contributed by atoms with Crippen LogP contribution in [-0.4, -0.2) is 46.2 Å². The van der Waals surface area contributed by atoms with Crippen molar-refractivity contribution in [3.8, 4) is 0 Å². The second-order valence-corrected chi connectivity index (χ2v) is 9.83. The van der Waals surface area contributed by atoms with E-state index in [2.05, 4.69) is 0 Å². The lowest BCUT2D eigenvalue weighted by molar-refractivity contribution is 0.289. The van der Waals surface area contributed by atoms with Crippen molar-refractivity contribution < 1.29 is 16.8 Å². The average molecular weight is 331 g/mol. The first-order valence-electron chi connectivity index (χ1n) is 6.96. The molecule has 0 atom stereocenters. The normalized spacial score (nSPS) is 18.7. The molecule has 1 saturated heterocycles. The summed E-state index contributed by atoms with van der Waals surface area (Å²) in [7, 11) is -6.31. The molecule has 0 amide bonds. The van der Waals surface area contributed by atoms with Crippen molar-refractivity contribution >= 4 is 19.9 Å². The zero-order valence-electron chi connectivity index (χ0n) is 12.1. The summed E-state index contributed by atoms with van der Waals surface area (Å²) < 4.78 is 48.8. The van der Waals surface area contributed by atoms with Gasteiger partial charge in [0.2, 0.25) is 10.0 Å². The van der Waals surface area contributed by atoms with Crippen LogP contribution in [0, 0.1) is 5.92 Å². The van der Waals surface area contributed by atoms with Crippen LogP contribution >= 0.6 is 0 Å². The lowest BCUT2D eigenvalue weighted by Gasteiger charge is -2.30. The summed E-state index contributed by atoms with van der Waals surface area (Å²) in [5.41, 5.74) is 0.774. The summed E-state index contributed by atoms with van der Waals surface area (Å²) in [6, 6.07) is 9.10. The van der Waals surface area contributed by atoms with Crippen molar-refractivity contribution in [3.63, 3.8) is 0 Å². The topological polar surface area (TPSA) is 71.5 Å². The molecule has 7 heteroatoms. The zero-order valence-corrected chi connectivity index (χ0v) is 13.7. The first-order valence-corrected chi connectivity index (χ1v) is 10.6. The summed E-state index contributed by atoms with van der Waals surface area (Å²) in [5.74, 6) is 0.229. The highest BCUT2D eigenvalue weighted by atomic mass is 32.2. The Kier molecular flexibility index (Phi) is 5.06. The van der Waals surface area contributed by atoms with E-state index in [1.54, 1.807) is 12.1 Å². The van der Waals surface area contributed by atoms with Crippen molar-refractivity contribution in [1.29, 1.82) is 0 Å². The van der Waals surface area contributed by atoms with Crippen molar-refractivity contribution in [2.45, 2.75) is 18.6 Å². The Labute approximate surface area is 126 Å². The van der Waals surface area contributed by atoms with Crippen molar-refractivity contribution in [2.24, 2.45) is 5.92 Å². The molecule has 0 spiro atoms. The molecule has 1 aliphatic heterocycles. The second-order valence-electron chi connectivity index (χ2n) is 5.68. The van der Waals surface area contributed by atoms with E-state index in [1.165, 1.54) is 10.6 Å². The van der Waals surface area contributed by atoms with E-state index >= 15 is 0 Å². The molecule has 0 aromatic heterocycles. The predicted molar refractivity (Wildman–Crippen MR) is 83.1 cm³/mol. The number of hydrogen-bond acceptors (Lipinski definition) is 4. The maximum Gasteiger partial charge on any atom is 0.218 e. The number of piperidine rings is 1. The molecule has 5 nitrogen and oxygen atoms in total. The molecule has 0 saturated carbocycles. The van der Waals surface area contributed by atoms with Gasteiger partial charge in [0.25, 0.3) is 0 Å². The van der Waals surface area contributed by atoms with Gasteiger partial charge in [0.1, 0.15) is 9.84 Å². The molecule has 1 heterocycles. The van der Waals surface area contributed by atoms with E-state index in [1.807, 2.05) is 18.2 Å². The van der Waals surface area contributed by atoms with Gasteiger partial charge in [-0.2, -0.15) is 0 Å². The molecule has 118 valence electrons. The van der Waals surface area contributed by atoms with Crippen molar-refractivity contribution in [2.75, 3.05) is 25.1 Å². The summed E-state index contributed by atoms with van der Waals surface area (Å²) >= 11 is 0. The van der Waals surface area contributed by atoms with E-state index in [-0.39, 0.29) is 17.4 Å². The molecule has 0 N–H and O–H groups in total. The summed E-state index contributed by atoms with van der Waals surface area (Å²) in [6.45, 7) is 0.824. The minimum atomic E-state index is -3.32. The van der Waals surface area contributed by atoms with E-state index in [0.29, 0.717) is 25.9 Å². The van der Waals surface area contributed by atoms with Crippen LogP contribution in [-0.2, 0) is 25.6 Å². The molecule has 21 heavy (non-hydrogen) atoms. The third-order valence-corrected chi connectivity index (χ3v) is 6.62. The lowest BCUT2D eigenvalue weighted by atomic mass is 10.0. The SMILES string of the molecule is CS(=O)(=O)CC1CCN(S(=O)(=O)Cc2ccccc2)CC1. The monoisotopic (exact) mass is 331 g/mol. The van der Waals surface area contributed by atoms with Crippen LogP contribution in [0.25, 0.3) is 0 Å². The highest BCUT2D eigenvalue weighted by Crippen LogP contribution is 2.22. The fraction of sp³-hybridized carbons (Fsp3) is 0.571. The quantitative estimate of drug-likeness (QED) is 0.815. The fourth-order valence-electron chi connectivity index (χ4n) is 2.66.